The van der Waals surface area contributed by atoms with Crippen molar-refractivity contribution in [3.05, 3.63) is 33.3 Å². The van der Waals surface area contributed by atoms with Gasteiger partial charge in [0.25, 0.3) is 0 Å². The van der Waals surface area contributed by atoms with Crippen molar-refractivity contribution in [3.63, 3.8) is 0 Å². The molecule has 1 rings (SSSR count). The second-order valence-corrected chi connectivity index (χ2v) is 5.32. The normalized spacial score (nSPS) is 13.1. The van der Waals surface area contributed by atoms with Crippen LogP contribution in [0.1, 0.15) is 31.9 Å². The summed E-state index contributed by atoms with van der Waals surface area (Å²) in [5.41, 5.74) is 7.09. The summed E-state index contributed by atoms with van der Waals surface area (Å²) in [6, 6.07) is 6.33. The lowest BCUT2D eigenvalue weighted by atomic mass is 10.1. The van der Waals surface area contributed by atoms with Crippen LogP contribution in [0.4, 0.5) is 0 Å². The standard InChI is InChI=1S/C13H20BrClN2/c1-3-7-17(4-2)13(9-16)10-5-6-11(14)12(15)8-10/h5-6,8,13H,3-4,7,9,16H2,1-2H3. The van der Waals surface area contributed by atoms with E-state index in [4.69, 9.17) is 17.3 Å². The summed E-state index contributed by atoms with van der Waals surface area (Å²) < 4.78 is 0.928. The van der Waals surface area contributed by atoms with Crippen LogP contribution in [0.5, 0.6) is 0 Å². The van der Waals surface area contributed by atoms with Gasteiger partial charge in [-0.05, 0) is 53.1 Å². The average molecular weight is 320 g/mol. The van der Waals surface area contributed by atoms with Crippen molar-refractivity contribution in [1.82, 2.24) is 4.90 Å². The lowest BCUT2D eigenvalue weighted by Gasteiger charge is -2.30. The maximum Gasteiger partial charge on any atom is 0.0551 e. The molecular weight excluding hydrogens is 300 g/mol. The molecule has 96 valence electrons. The van der Waals surface area contributed by atoms with Gasteiger partial charge in [0.15, 0.2) is 0 Å². The Morgan fingerprint density at radius 2 is 2.12 bits per heavy atom. The number of hydrogen-bond acceptors (Lipinski definition) is 2. The molecule has 0 amide bonds. The summed E-state index contributed by atoms with van der Waals surface area (Å²) in [5, 5.41) is 0.744. The molecule has 0 aliphatic rings. The van der Waals surface area contributed by atoms with E-state index in [0.29, 0.717) is 6.54 Å². The predicted octanol–water partition coefficient (Wildman–Crippen LogP) is 3.83. The highest BCUT2D eigenvalue weighted by Crippen LogP contribution is 2.28. The third kappa shape index (κ3) is 3.95. The van der Waals surface area contributed by atoms with Crippen LogP contribution < -0.4 is 5.73 Å². The van der Waals surface area contributed by atoms with Crippen LogP contribution in [0.15, 0.2) is 22.7 Å². The first-order chi connectivity index (χ1) is 8.13. The smallest absolute Gasteiger partial charge is 0.0551 e. The predicted molar refractivity (Wildman–Crippen MR) is 78.5 cm³/mol. The lowest BCUT2D eigenvalue weighted by molar-refractivity contribution is 0.213. The Kier molecular flexibility index (Phi) is 6.49. The van der Waals surface area contributed by atoms with Gasteiger partial charge in [-0.25, -0.2) is 0 Å². The number of nitrogens with two attached hydrogens (primary N) is 1. The largest absolute Gasteiger partial charge is 0.329 e. The van der Waals surface area contributed by atoms with Crippen LogP contribution in [-0.4, -0.2) is 24.5 Å². The van der Waals surface area contributed by atoms with E-state index in [0.717, 1.165) is 29.0 Å². The molecule has 0 saturated carbocycles. The fourth-order valence-electron chi connectivity index (χ4n) is 2.04. The minimum Gasteiger partial charge on any atom is -0.329 e. The van der Waals surface area contributed by atoms with Crippen molar-refractivity contribution in [1.29, 1.82) is 0 Å². The summed E-state index contributed by atoms with van der Waals surface area (Å²) in [7, 11) is 0. The van der Waals surface area contributed by atoms with Crippen molar-refractivity contribution >= 4 is 27.5 Å². The maximum absolute atomic E-state index is 6.13. The number of likely N-dealkylation sites (N-methyl/N-ethyl adjacent to an activating group) is 1. The number of nitrogens with zero attached hydrogens (tertiary/aromatic N) is 1. The molecule has 2 N–H and O–H groups in total. The van der Waals surface area contributed by atoms with Crippen LogP contribution in [0.2, 0.25) is 5.02 Å². The first-order valence-electron chi connectivity index (χ1n) is 6.03. The lowest BCUT2D eigenvalue weighted by Crippen LogP contribution is -2.34. The number of halogens is 2. The number of benzene rings is 1. The van der Waals surface area contributed by atoms with Gasteiger partial charge in [0.1, 0.15) is 0 Å². The van der Waals surface area contributed by atoms with Crippen molar-refractivity contribution in [3.8, 4) is 0 Å². The molecule has 1 atom stereocenters. The molecule has 17 heavy (non-hydrogen) atoms. The molecule has 0 aliphatic carbocycles. The minimum absolute atomic E-state index is 0.255. The van der Waals surface area contributed by atoms with Gasteiger partial charge in [-0.1, -0.05) is 31.5 Å². The zero-order valence-corrected chi connectivity index (χ0v) is 12.8. The molecule has 0 aromatic heterocycles. The van der Waals surface area contributed by atoms with E-state index in [2.05, 4.69) is 40.7 Å². The summed E-state index contributed by atoms with van der Waals surface area (Å²) in [6.07, 6.45) is 1.13. The van der Waals surface area contributed by atoms with Gasteiger partial charge in [-0.2, -0.15) is 0 Å². The molecule has 0 saturated heterocycles. The average Bonchev–Trinajstić information content (AvgIpc) is 2.33. The van der Waals surface area contributed by atoms with E-state index in [9.17, 15) is 0 Å². The molecule has 1 aromatic carbocycles. The maximum atomic E-state index is 6.13. The Labute approximate surface area is 117 Å². The molecule has 1 unspecified atom stereocenters. The van der Waals surface area contributed by atoms with E-state index in [-0.39, 0.29) is 6.04 Å². The highest BCUT2D eigenvalue weighted by molar-refractivity contribution is 9.10. The molecule has 0 spiro atoms. The Morgan fingerprint density at radius 3 is 2.59 bits per heavy atom. The van der Waals surface area contributed by atoms with Crippen LogP contribution in [-0.2, 0) is 0 Å². The summed E-state index contributed by atoms with van der Waals surface area (Å²) in [6.45, 7) is 7.03. The zero-order valence-electron chi connectivity index (χ0n) is 10.4. The summed E-state index contributed by atoms with van der Waals surface area (Å²) in [5.74, 6) is 0. The van der Waals surface area contributed by atoms with Crippen LogP contribution >= 0.6 is 27.5 Å². The van der Waals surface area contributed by atoms with Crippen molar-refractivity contribution in [2.24, 2.45) is 5.73 Å². The summed E-state index contributed by atoms with van der Waals surface area (Å²) >= 11 is 9.54. The van der Waals surface area contributed by atoms with Crippen LogP contribution in [0.3, 0.4) is 0 Å². The number of rotatable bonds is 6. The molecule has 4 heteroatoms. The third-order valence-corrected chi connectivity index (χ3v) is 4.14. The number of hydrogen-bond donors (Lipinski definition) is 1. The first kappa shape index (κ1) is 15.0. The fourth-order valence-corrected chi connectivity index (χ4v) is 2.47. The van der Waals surface area contributed by atoms with Gasteiger partial charge in [0, 0.05) is 17.1 Å². The molecular formula is C13H20BrClN2. The Bertz CT molecular complexity index is 357. The van der Waals surface area contributed by atoms with E-state index < -0.39 is 0 Å². The van der Waals surface area contributed by atoms with Gasteiger partial charge in [0.05, 0.1) is 5.02 Å². The molecule has 0 fully saturated rings. The molecule has 1 aromatic rings. The fraction of sp³-hybridized carbons (Fsp3) is 0.538. The SMILES string of the molecule is CCCN(CC)C(CN)c1ccc(Br)c(Cl)c1. The Morgan fingerprint density at radius 1 is 1.41 bits per heavy atom. The molecule has 0 aliphatic heterocycles. The van der Waals surface area contributed by atoms with Crippen molar-refractivity contribution < 1.29 is 0 Å². The highest BCUT2D eigenvalue weighted by atomic mass is 79.9. The van der Waals surface area contributed by atoms with Gasteiger partial charge in [-0.3, -0.25) is 4.90 Å². The van der Waals surface area contributed by atoms with Crippen molar-refractivity contribution in [2.75, 3.05) is 19.6 Å². The monoisotopic (exact) mass is 318 g/mol. The van der Waals surface area contributed by atoms with Crippen molar-refractivity contribution in [2.45, 2.75) is 26.3 Å². The second kappa shape index (κ2) is 7.37. The van der Waals surface area contributed by atoms with E-state index >= 15 is 0 Å². The van der Waals surface area contributed by atoms with Gasteiger partial charge < -0.3 is 5.73 Å². The molecule has 0 heterocycles. The van der Waals surface area contributed by atoms with E-state index in [1.165, 1.54) is 5.56 Å². The molecule has 2 nitrogen and oxygen atoms in total. The second-order valence-electron chi connectivity index (χ2n) is 4.05. The first-order valence-corrected chi connectivity index (χ1v) is 7.20. The highest BCUT2D eigenvalue weighted by Gasteiger charge is 2.17. The zero-order chi connectivity index (χ0) is 12.8. The third-order valence-electron chi connectivity index (χ3n) is 2.91. The van der Waals surface area contributed by atoms with Gasteiger partial charge in [-0.15, -0.1) is 0 Å². The van der Waals surface area contributed by atoms with Gasteiger partial charge in [0.2, 0.25) is 0 Å². The quantitative estimate of drug-likeness (QED) is 0.863. The van der Waals surface area contributed by atoms with Gasteiger partial charge >= 0.3 is 0 Å². The summed E-state index contributed by atoms with van der Waals surface area (Å²) in [4.78, 5) is 2.39. The molecule has 0 radical (unpaired) electrons. The Balaban J connectivity index is 2.95. The van der Waals surface area contributed by atoms with Crippen LogP contribution in [0, 0.1) is 0 Å². The van der Waals surface area contributed by atoms with E-state index in [1.807, 2.05) is 12.1 Å². The van der Waals surface area contributed by atoms with Crippen LogP contribution in [0.25, 0.3) is 0 Å². The van der Waals surface area contributed by atoms with E-state index in [1.54, 1.807) is 0 Å². The minimum atomic E-state index is 0.255. The Hall–Kier alpha value is -0.0900. The molecule has 0 bridgehead atoms. The topological polar surface area (TPSA) is 29.3 Å².